The lowest BCUT2D eigenvalue weighted by molar-refractivity contribution is 0.340. The molecule has 0 bridgehead atoms. The molecular formula is C25H30N4OS. The summed E-state index contributed by atoms with van der Waals surface area (Å²) in [5.41, 5.74) is 5.81. The SMILES string of the molecule is CCOc1ccc(N2C(=S)N[C@H](c3ccccn3)[C@@H]2c2cc(C)n(C(C)C)c2C)cc1. The summed E-state index contributed by atoms with van der Waals surface area (Å²) in [5, 5.41) is 4.25. The molecule has 3 aromatic rings. The van der Waals surface area contributed by atoms with Crippen LogP contribution in [-0.2, 0) is 0 Å². The molecule has 1 aliphatic rings. The molecule has 6 heteroatoms. The Morgan fingerprint density at radius 2 is 1.87 bits per heavy atom. The lowest BCUT2D eigenvalue weighted by Crippen LogP contribution is -2.29. The minimum atomic E-state index is -0.0404. The van der Waals surface area contributed by atoms with Crippen LogP contribution in [0.1, 0.15) is 61.5 Å². The third-order valence-corrected chi connectivity index (χ3v) is 6.20. The van der Waals surface area contributed by atoms with Crippen LogP contribution in [0.15, 0.2) is 54.7 Å². The van der Waals surface area contributed by atoms with E-state index in [1.807, 2.05) is 37.4 Å². The monoisotopic (exact) mass is 434 g/mol. The van der Waals surface area contributed by atoms with Crippen LogP contribution < -0.4 is 15.0 Å². The molecule has 3 heterocycles. The number of ether oxygens (including phenoxy) is 1. The fourth-order valence-electron chi connectivity index (χ4n) is 4.72. The van der Waals surface area contributed by atoms with E-state index in [0.29, 0.717) is 17.8 Å². The van der Waals surface area contributed by atoms with Gasteiger partial charge in [0.05, 0.1) is 24.4 Å². The number of thiocarbonyl (C=S) groups is 1. The Balaban J connectivity index is 1.84. The van der Waals surface area contributed by atoms with E-state index >= 15 is 0 Å². The highest BCUT2D eigenvalue weighted by Crippen LogP contribution is 2.43. The van der Waals surface area contributed by atoms with Crippen molar-refractivity contribution >= 4 is 23.0 Å². The summed E-state index contributed by atoms with van der Waals surface area (Å²) < 4.78 is 8.03. The van der Waals surface area contributed by atoms with Crippen molar-refractivity contribution in [3.63, 3.8) is 0 Å². The zero-order valence-electron chi connectivity index (χ0n) is 18.8. The average Bonchev–Trinajstić information content (AvgIpc) is 3.25. The molecule has 5 nitrogen and oxygen atoms in total. The smallest absolute Gasteiger partial charge is 0.174 e. The van der Waals surface area contributed by atoms with Gasteiger partial charge >= 0.3 is 0 Å². The second kappa shape index (κ2) is 8.71. The molecule has 0 amide bonds. The molecular weight excluding hydrogens is 404 g/mol. The van der Waals surface area contributed by atoms with Crippen molar-refractivity contribution in [2.45, 2.75) is 52.7 Å². The van der Waals surface area contributed by atoms with Gasteiger partial charge in [-0.3, -0.25) is 4.98 Å². The van der Waals surface area contributed by atoms with Gasteiger partial charge in [0.2, 0.25) is 0 Å². The zero-order chi connectivity index (χ0) is 22.1. The number of aryl methyl sites for hydroxylation is 1. The van der Waals surface area contributed by atoms with Gasteiger partial charge < -0.3 is 19.5 Å². The number of benzene rings is 1. The molecule has 0 unspecified atom stereocenters. The van der Waals surface area contributed by atoms with Gasteiger partial charge in [0.25, 0.3) is 0 Å². The quantitative estimate of drug-likeness (QED) is 0.507. The highest BCUT2D eigenvalue weighted by molar-refractivity contribution is 7.80. The van der Waals surface area contributed by atoms with Crippen LogP contribution in [0.3, 0.4) is 0 Å². The van der Waals surface area contributed by atoms with E-state index in [9.17, 15) is 0 Å². The van der Waals surface area contributed by atoms with Crippen LogP contribution in [0.5, 0.6) is 5.75 Å². The molecule has 0 radical (unpaired) electrons. The summed E-state index contributed by atoms with van der Waals surface area (Å²) in [6.45, 7) is 11.5. The zero-order valence-corrected chi connectivity index (χ0v) is 19.6. The van der Waals surface area contributed by atoms with Gasteiger partial charge in [0, 0.05) is 29.3 Å². The maximum Gasteiger partial charge on any atom is 0.174 e. The van der Waals surface area contributed by atoms with Crippen molar-refractivity contribution in [2.24, 2.45) is 0 Å². The standard InChI is InChI=1S/C25H30N4OS/c1-6-30-20-12-10-19(11-13-20)29-24(21-15-17(4)28(16(2)3)18(21)5)23(27-25(29)31)22-9-7-8-14-26-22/h7-16,23-24H,6H2,1-5H3,(H,27,31)/t23-,24+/m1/s1. The van der Waals surface area contributed by atoms with Gasteiger partial charge in [-0.2, -0.15) is 0 Å². The topological polar surface area (TPSA) is 42.3 Å². The van der Waals surface area contributed by atoms with Crippen molar-refractivity contribution in [2.75, 3.05) is 11.5 Å². The van der Waals surface area contributed by atoms with Crippen LogP contribution in [-0.4, -0.2) is 21.3 Å². The Morgan fingerprint density at radius 1 is 1.13 bits per heavy atom. The van der Waals surface area contributed by atoms with E-state index in [0.717, 1.165) is 17.1 Å². The summed E-state index contributed by atoms with van der Waals surface area (Å²) in [4.78, 5) is 6.88. The van der Waals surface area contributed by atoms with E-state index < -0.39 is 0 Å². The van der Waals surface area contributed by atoms with Crippen molar-refractivity contribution in [3.8, 4) is 5.75 Å². The Morgan fingerprint density at radius 3 is 2.45 bits per heavy atom. The Labute approximate surface area is 190 Å². The van der Waals surface area contributed by atoms with Crippen LogP contribution in [0.25, 0.3) is 0 Å². The first-order valence-electron chi connectivity index (χ1n) is 10.8. The summed E-state index contributed by atoms with van der Waals surface area (Å²) in [6.07, 6.45) is 1.84. The van der Waals surface area contributed by atoms with Crippen LogP contribution in [0, 0.1) is 13.8 Å². The van der Waals surface area contributed by atoms with Gasteiger partial charge in [0.15, 0.2) is 5.11 Å². The molecule has 0 aliphatic carbocycles. The van der Waals surface area contributed by atoms with E-state index in [1.165, 1.54) is 17.0 Å². The molecule has 1 fully saturated rings. The number of hydrogen-bond donors (Lipinski definition) is 1. The van der Waals surface area contributed by atoms with Gasteiger partial charge in [-0.05, 0) is 94.9 Å². The maximum atomic E-state index is 5.84. The third-order valence-electron chi connectivity index (χ3n) is 5.88. The number of aromatic nitrogens is 2. The molecule has 162 valence electrons. The number of nitrogens with zero attached hydrogens (tertiary/aromatic N) is 3. The average molecular weight is 435 g/mol. The first-order chi connectivity index (χ1) is 14.9. The van der Waals surface area contributed by atoms with Crippen molar-refractivity contribution in [3.05, 3.63) is 77.4 Å². The summed E-state index contributed by atoms with van der Waals surface area (Å²) >= 11 is 5.84. The molecule has 1 aromatic carbocycles. The molecule has 1 aliphatic heterocycles. The van der Waals surface area contributed by atoms with Crippen molar-refractivity contribution in [1.29, 1.82) is 0 Å². The van der Waals surface area contributed by atoms with Crippen molar-refractivity contribution in [1.82, 2.24) is 14.9 Å². The van der Waals surface area contributed by atoms with Crippen LogP contribution >= 0.6 is 12.2 Å². The van der Waals surface area contributed by atoms with E-state index in [2.05, 4.69) is 71.7 Å². The first-order valence-corrected chi connectivity index (χ1v) is 11.2. The normalized spacial score (nSPS) is 18.5. The minimum absolute atomic E-state index is 0.000886. The minimum Gasteiger partial charge on any atom is -0.494 e. The molecule has 2 atom stereocenters. The molecule has 1 saturated heterocycles. The summed E-state index contributed by atoms with van der Waals surface area (Å²) in [6, 6.07) is 16.9. The fourth-order valence-corrected chi connectivity index (χ4v) is 5.06. The van der Waals surface area contributed by atoms with Crippen LogP contribution in [0.2, 0.25) is 0 Å². The highest BCUT2D eigenvalue weighted by Gasteiger charge is 2.42. The first kappa shape index (κ1) is 21.4. The maximum absolute atomic E-state index is 5.84. The molecule has 0 saturated carbocycles. The second-order valence-electron chi connectivity index (χ2n) is 8.21. The molecule has 31 heavy (non-hydrogen) atoms. The summed E-state index contributed by atoms with van der Waals surface area (Å²) in [7, 11) is 0. The van der Waals surface area contributed by atoms with E-state index in [1.54, 1.807) is 0 Å². The second-order valence-corrected chi connectivity index (χ2v) is 8.60. The lowest BCUT2D eigenvalue weighted by atomic mass is 9.96. The highest BCUT2D eigenvalue weighted by atomic mass is 32.1. The number of rotatable bonds is 6. The van der Waals surface area contributed by atoms with Gasteiger partial charge in [0.1, 0.15) is 5.75 Å². The number of pyridine rings is 1. The van der Waals surface area contributed by atoms with Gasteiger partial charge in [-0.1, -0.05) is 6.07 Å². The third kappa shape index (κ3) is 3.92. The lowest BCUT2D eigenvalue weighted by Gasteiger charge is -2.28. The molecule has 2 aromatic heterocycles. The predicted octanol–water partition coefficient (Wildman–Crippen LogP) is 5.66. The van der Waals surface area contributed by atoms with E-state index in [4.69, 9.17) is 17.0 Å². The Bertz CT molecular complexity index is 1060. The molecule has 0 spiro atoms. The summed E-state index contributed by atoms with van der Waals surface area (Å²) in [5.74, 6) is 0.861. The predicted molar refractivity (Wildman–Crippen MR) is 130 cm³/mol. The Kier molecular flexibility index (Phi) is 6.01. The van der Waals surface area contributed by atoms with Crippen molar-refractivity contribution < 1.29 is 4.74 Å². The van der Waals surface area contributed by atoms with Crippen LogP contribution in [0.4, 0.5) is 5.69 Å². The Hall–Kier alpha value is -2.86. The number of nitrogens with one attached hydrogen (secondary N) is 1. The number of anilines is 1. The van der Waals surface area contributed by atoms with E-state index in [-0.39, 0.29) is 12.1 Å². The molecule has 1 N–H and O–H groups in total. The fraction of sp³-hybridized carbons (Fsp3) is 0.360. The van der Waals surface area contributed by atoms with Gasteiger partial charge in [-0.25, -0.2) is 0 Å². The van der Waals surface area contributed by atoms with Gasteiger partial charge in [-0.15, -0.1) is 0 Å². The number of hydrogen-bond acceptors (Lipinski definition) is 3. The molecule has 4 rings (SSSR count). The largest absolute Gasteiger partial charge is 0.494 e.